The van der Waals surface area contributed by atoms with E-state index >= 15 is 0 Å². The Morgan fingerprint density at radius 1 is 0.967 bits per heavy atom. The topological polar surface area (TPSA) is 109 Å². The molecule has 0 aliphatic rings. The normalized spacial score (nSPS) is 11.2. The number of halogens is 1. The molecule has 30 heavy (non-hydrogen) atoms. The fraction of sp³-hybridized carbons (Fsp3) is 0.143. The second kappa shape index (κ2) is 7.75. The van der Waals surface area contributed by atoms with E-state index < -0.39 is 11.8 Å². The molecule has 8 nitrogen and oxygen atoms in total. The van der Waals surface area contributed by atoms with Gasteiger partial charge in [0.2, 0.25) is 0 Å². The first-order chi connectivity index (χ1) is 14.4. The van der Waals surface area contributed by atoms with Crippen molar-refractivity contribution in [3.63, 3.8) is 0 Å². The maximum Gasteiger partial charge on any atom is 0.290 e. The summed E-state index contributed by atoms with van der Waals surface area (Å²) in [6, 6.07) is 14.0. The number of aromatic amines is 1. The molecule has 0 unspecified atom stereocenters. The summed E-state index contributed by atoms with van der Waals surface area (Å²) < 4.78 is 1.86. The average Bonchev–Trinajstić information content (AvgIpc) is 3.09. The second-order valence-corrected chi connectivity index (χ2v) is 7.80. The van der Waals surface area contributed by atoms with Gasteiger partial charge in [-0.15, -0.1) is 0 Å². The number of rotatable bonds is 3. The van der Waals surface area contributed by atoms with Gasteiger partial charge in [-0.25, -0.2) is 4.68 Å². The van der Waals surface area contributed by atoms with Gasteiger partial charge >= 0.3 is 0 Å². The van der Waals surface area contributed by atoms with Crippen LogP contribution in [0.3, 0.4) is 0 Å². The number of nitrogens with one attached hydrogen (secondary N) is 3. The Labute approximate surface area is 179 Å². The molecule has 2 aromatic carbocycles. The number of carbonyl (C=O) groups is 2. The maximum atomic E-state index is 12.8. The van der Waals surface area contributed by atoms with Gasteiger partial charge in [-0.2, -0.15) is 5.10 Å². The van der Waals surface area contributed by atoms with Crippen LogP contribution in [-0.2, 0) is 0 Å². The summed E-state index contributed by atoms with van der Waals surface area (Å²) in [5.41, 5.74) is 5.63. The highest BCUT2D eigenvalue weighted by Gasteiger charge is 2.20. The predicted octanol–water partition coefficient (Wildman–Crippen LogP) is 3.30. The van der Waals surface area contributed by atoms with Crippen LogP contribution in [0.2, 0.25) is 0 Å². The Kier molecular flexibility index (Phi) is 5.13. The van der Waals surface area contributed by atoms with Crippen molar-refractivity contribution in [2.45, 2.75) is 19.9 Å². The van der Waals surface area contributed by atoms with E-state index in [4.69, 9.17) is 0 Å². The SMILES string of the molecule is CC(C)n1nc(C(=O)NNC(=O)c2[nH]c3ccccc3c2Br)c2ccccc2c1=O. The van der Waals surface area contributed by atoms with Crippen molar-refractivity contribution in [2.75, 3.05) is 0 Å². The molecule has 3 N–H and O–H groups in total. The van der Waals surface area contributed by atoms with Crippen molar-refractivity contribution >= 4 is 49.4 Å². The van der Waals surface area contributed by atoms with E-state index in [1.165, 1.54) is 4.68 Å². The Morgan fingerprint density at radius 3 is 2.23 bits per heavy atom. The van der Waals surface area contributed by atoms with Gasteiger partial charge in [0.05, 0.1) is 15.9 Å². The van der Waals surface area contributed by atoms with Crippen LogP contribution in [0, 0.1) is 0 Å². The molecule has 2 amide bonds. The molecule has 0 spiro atoms. The lowest BCUT2D eigenvalue weighted by Crippen LogP contribution is -2.43. The van der Waals surface area contributed by atoms with E-state index in [1.54, 1.807) is 38.1 Å². The lowest BCUT2D eigenvalue weighted by atomic mass is 10.1. The standard InChI is InChI=1S/C21H18BrN5O3/c1-11(2)27-21(30)13-8-4-3-7-12(13)17(26-27)19(28)24-25-20(29)18-16(22)14-9-5-6-10-15(14)23-18/h3-11,23H,1-2H3,(H,24,28)(H,25,29). The highest BCUT2D eigenvalue weighted by atomic mass is 79.9. The van der Waals surface area contributed by atoms with E-state index in [9.17, 15) is 14.4 Å². The molecule has 0 saturated heterocycles. The summed E-state index contributed by atoms with van der Waals surface area (Å²) in [5.74, 6) is -1.14. The van der Waals surface area contributed by atoms with Crippen LogP contribution in [-0.4, -0.2) is 26.6 Å². The highest BCUT2D eigenvalue weighted by molar-refractivity contribution is 9.10. The number of amides is 2. The first kappa shape index (κ1) is 19.8. The van der Waals surface area contributed by atoms with Crippen molar-refractivity contribution in [3.05, 3.63) is 74.7 Å². The molecule has 0 saturated carbocycles. The lowest BCUT2D eigenvalue weighted by molar-refractivity contribution is 0.0841. The summed E-state index contributed by atoms with van der Waals surface area (Å²) in [6.07, 6.45) is 0. The van der Waals surface area contributed by atoms with Crippen LogP contribution in [0.25, 0.3) is 21.7 Å². The van der Waals surface area contributed by atoms with Crippen molar-refractivity contribution in [3.8, 4) is 0 Å². The van der Waals surface area contributed by atoms with E-state index in [2.05, 4.69) is 36.9 Å². The van der Waals surface area contributed by atoms with Gasteiger partial charge in [-0.05, 0) is 41.9 Å². The third kappa shape index (κ3) is 3.37. The van der Waals surface area contributed by atoms with Gasteiger partial charge in [-0.3, -0.25) is 25.2 Å². The smallest absolute Gasteiger partial charge is 0.290 e. The van der Waals surface area contributed by atoms with Crippen LogP contribution >= 0.6 is 15.9 Å². The third-order valence-corrected chi connectivity index (χ3v) is 5.52. The number of benzene rings is 2. The molecule has 0 bridgehead atoms. The van der Waals surface area contributed by atoms with Crippen molar-refractivity contribution in [2.24, 2.45) is 0 Å². The molecule has 4 rings (SSSR count). The van der Waals surface area contributed by atoms with Gasteiger partial charge in [0.1, 0.15) is 5.69 Å². The number of fused-ring (bicyclic) bond motifs is 2. The third-order valence-electron chi connectivity index (χ3n) is 4.69. The number of carbonyl (C=O) groups excluding carboxylic acids is 2. The van der Waals surface area contributed by atoms with Crippen molar-refractivity contribution in [1.29, 1.82) is 0 Å². The molecular weight excluding hydrogens is 450 g/mol. The van der Waals surface area contributed by atoms with Gasteiger partial charge < -0.3 is 4.98 Å². The summed E-state index contributed by atoms with van der Waals surface area (Å²) >= 11 is 3.42. The Hall–Kier alpha value is -3.46. The average molecular weight is 468 g/mol. The number of nitrogens with zero attached hydrogens (tertiary/aromatic N) is 2. The van der Waals surface area contributed by atoms with Gasteiger partial charge in [0, 0.05) is 16.3 Å². The summed E-state index contributed by atoms with van der Waals surface area (Å²) in [7, 11) is 0. The number of hydrogen-bond donors (Lipinski definition) is 3. The monoisotopic (exact) mass is 467 g/mol. The fourth-order valence-corrected chi connectivity index (χ4v) is 3.85. The molecule has 152 valence electrons. The first-order valence-corrected chi connectivity index (χ1v) is 10.1. The number of hydrazine groups is 1. The van der Waals surface area contributed by atoms with Crippen molar-refractivity contribution < 1.29 is 9.59 Å². The molecule has 4 aromatic rings. The molecule has 0 aliphatic carbocycles. The minimum atomic E-state index is -0.624. The van der Waals surface area contributed by atoms with Gasteiger partial charge in [0.25, 0.3) is 17.4 Å². The van der Waals surface area contributed by atoms with Gasteiger partial charge in [-0.1, -0.05) is 36.4 Å². The summed E-state index contributed by atoms with van der Waals surface area (Å²) in [4.78, 5) is 41.0. The molecule has 2 aromatic heterocycles. The minimum absolute atomic E-state index is 0.0508. The van der Waals surface area contributed by atoms with E-state index in [0.29, 0.717) is 15.2 Å². The molecule has 0 fully saturated rings. The summed E-state index contributed by atoms with van der Waals surface area (Å²) in [6.45, 7) is 3.61. The zero-order chi connectivity index (χ0) is 21.4. The van der Waals surface area contributed by atoms with E-state index in [1.807, 2.05) is 24.3 Å². The van der Waals surface area contributed by atoms with Crippen LogP contribution in [0.4, 0.5) is 0 Å². The number of hydrogen-bond acceptors (Lipinski definition) is 4. The molecule has 2 heterocycles. The minimum Gasteiger partial charge on any atom is -0.350 e. The zero-order valence-corrected chi connectivity index (χ0v) is 17.8. The lowest BCUT2D eigenvalue weighted by Gasteiger charge is -2.13. The molecule has 0 atom stereocenters. The predicted molar refractivity (Wildman–Crippen MR) is 117 cm³/mol. The van der Waals surface area contributed by atoms with Crippen LogP contribution in [0.15, 0.2) is 57.8 Å². The van der Waals surface area contributed by atoms with Gasteiger partial charge in [0.15, 0.2) is 5.69 Å². The quantitative estimate of drug-likeness (QED) is 0.401. The number of H-pyrrole nitrogens is 1. The largest absolute Gasteiger partial charge is 0.350 e. The Balaban J connectivity index is 1.63. The van der Waals surface area contributed by atoms with Crippen LogP contribution in [0.1, 0.15) is 40.9 Å². The fourth-order valence-electron chi connectivity index (χ4n) is 3.22. The summed E-state index contributed by atoms with van der Waals surface area (Å²) in [5, 5.41) is 5.88. The van der Waals surface area contributed by atoms with Crippen LogP contribution < -0.4 is 16.4 Å². The molecule has 9 heteroatoms. The molecule has 0 aliphatic heterocycles. The second-order valence-electron chi connectivity index (χ2n) is 7.01. The molecular formula is C21H18BrN5O3. The maximum absolute atomic E-state index is 12.8. The van der Waals surface area contributed by atoms with E-state index in [-0.39, 0.29) is 23.0 Å². The van der Waals surface area contributed by atoms with Crippen molar-refractivity contribution in [1.82, 2.24) is 25.6 Å². The van der Waals surface area contributed by atoms with E-state index in [0.717, 1.165) is 10.9 Å². The number of aromatic nitrogens is 3. The highest BCUT2D eigenvalue weighted by Crippen LogP contribution is 2.27. The Bertz CT molecular complexity index is 1360. The zero-order valence-electron chi connectivity index (χ0n) is 16.2. The number of para-hydroxylation sites is 1. The molecule has 0 radical (unpaired) electrons. The van der Waals surface area contributed by atoms with Crippen LogP contribution in [0.5, 0.6) is 0 Å². The Morgan fingerprint density at radius 2 is 1.57 bits per heavy atom. The first-order valence-electron chi connectivity index (χ1n) is 9.27.